The van der Waals surface area contributed by atoms with Crippen molar-refractivity contribution in [2.45, 2.75) is 0 Å². The smallest absolute Gasteiger partial charge is 0.197 e. The van der Waals surface area contributed by atoms with E-state index in [0.717, 1.165) is 18.5 Å². The van der Waals surface area contributed by atoms with Gasteiger partial charge in [0.1, 0.15) is 0 Å². The average Bonchev–Trinajstić information content (AvgIpc) is 3.00. The molecule has 1 N–H and O–H groups in total. The minimum atomic E-state index is -0.0693. The van der Waals surface area contributed by atoms with Crippen LogP contribution in [0.15, 0.2) is 38.0 Å². The number of rotatable bonds is 2. The second-order valence-electron chi connectivity index (χ2n) is 4.14. The molecule has 3 nitrogen and oxygen atoms in total. The monoisotopic (exact) mass is 408 g/mol. The molecule has 20 heavy (non-hydrogen) atoms. The van der Waals surface area contributed by atoms with Crippen molar-refractivity contribution in [3.05, 3.63) is 54.7 Å². The van der Waals surface area contributed by atoms with Crippen LogP contribution in [0.5, 0.6) is 0 Å². The molecule has 0 spiro atoms. The predicted octanol–water partition coefficient (Wildman–Crippen LogP) is 4.86. The number of nitriles is 1. The first kappa shape index (κ1) is 13.6. The van der Waals surface area contributed by atoms with Gasteiger partial charge >= 0.3 is 0 Å². The molecule has 3 aromatic rings. The number of thiophene rings is 1. The summed E-state index contributed by atoms with van der Waals surface area (Å²) in [5, 5.41) is 9.74. The molecule has 3 rings (SSSR count). The summed E-state index contributed by atoms with van der Waals surface area (Å²) in [4.78, 5) is 15.7. The molecule has 0 amide bonds. The molecule has 0 aliphatic rings. The van der Waals surface area contributed by atoms with E-state index in [2.05, 4.69) is 42.9 Å². The van der Waals surface area contributed by atoms with Crippen molar-refractivity contribution in [3.63, 3.8) is 0 Å². The van der Waals surface area contributed by atoms with Crippen LogP contribution in [-0.4, -0.2) is 10.8 Å². The number of carbonyl (C=O) groups excluding carboxylic acids is 1. The highest BCUT2D eigenvalue weighted by Crippen LogP contribution is 2.34. The van der Waals surface area contributed by atoms with E-state index in [1.165, 1.54) is 11.3 Å². The highest BCUT2D eigenvalue weighted by Gasteiger charge is 2.19. The minimum Gasteiger partial charge on any atom is -0.360 e. The molecule has 6 heteroatoms. The Kier molecular flexibility index (Phi) is 3.50. The zero-order chi connectivity index (χ0) is 14.3. The van der Waals surface area contributed by atoms with Crippen molar-refractivity contribution in [2.75, 3.05) is 0 Å². The lowest BCUT2D eigenvalue weighted by atomic mass is 10.0. The molecule has 2 heterocycles. The Morgan fingerprint density at radius 2 is 2.05 bits per heavy atom. The quantitative estimate of drug-likeness (QED) is 0.614. The maximum atomic E-state index is 12.6. The third-order valence-corrected chi connectivity index (χ3v) is 5.30. The Balaban J connectivity index is 2.17. The summed E-state index contributed by atoms with van der Waals surface area (Å²) in [6.45, 7) is 0. The highest BCUT2D eigenvalue weighted by atomic mass is 79.9. The van der Waals surface area contributed by atoms with Gasteiger partial charge in [0, 0.05) is 28.2 Å². The number of aromatic amines is 1. The minimum absolute atomic E-state index is 0.0693. The van der Waals surface area contributed by atoms with Crippen LogP contribution in [0.4, 0.5) is 0 Å². The largest absolute Gasteiger partial charge is 0.360 e. The second kappa shape index (κ2) is 5.17. The third-order valence-electron chi connectivity index (χ3n) is 2.96. The Morgan fingerprint density at radius 3 is 2.70 bits per heavy atom. The summed E-state index contributed by atoms with van der Waals surface area (Å²) >= 11 is 8.23. The molecule has 0 fully saturated rings. The standard InChI is InChI=1S/C14H6Br2N2OS/c15-12-4-9(14(16)20-12)13(19)10-6-18-11-2-1-7(5-17)3-8(10)11/h1-4,6,18H. The van der Waals surface area contributed by atoms with E-state index >= 15 is 0 Å². The number of H-pyrrole nitrogens is 1. The molecule has 2 aromatic heterocycles. The summed E-state index contributed by atoms with van der Waals surface area (Å²) < 4.78 is 1.69. The number of benzene rings is 1. The van der Waals surface area contributed by atoms with Crippen LogP contribution < -0.4 is 0 Å². The van der Waals surface area contributed by atoms with Crippen molar-refractivity contribution >= 4 is 59.9 Å². The van der Waals surface area contributed by atoms with Crippen molar-refractivity contribution in [2.24, 2.45) is 0 Å². The van der Waals surface area contributed by atoms with E-state index in [1.54, 1.807) is 24.4 Å². The van der Waals surface area contributed by atoms with E-state index in [-0.39, 0.29) is 5.78 Å². The number of aromatic nitrogens is 1. The van der Waals surface area contributed by atoms with Crippen LogP contribution in [0.2, 0.25) is 0 Å². The van der Waals surface area contributed by atoms with E-state index in [1.807, 2.05) is 6.07 Å². The van der Waals surface area contributed by atoms with Gasteiger partial charge in [0.25, 0.3) is 0 Å². The highest BCUT2D eigenvalue weighted by molar-refractivity contribution is 9.12. The lowest BCUT2D eigenvalue weighted by molar-refractivity contribution is 0.104. The van der Waals surface area contributed by atoms with Gasteiger partial charge in [-0.1, -0.05) is 0 Å². The fourth-order valence-corrected chi connectivity index (χ4v) is 4.81. The Hall–Kier alpha value is -1.42. The SMILES string of the molecule is N#Cc1ccc2[nH]cc(C(=O)c3cc(Br)sc3Br)c2c1. The first-order valence-corrected chi connectivity index (χ1v) is 8.01. The molecule has 0 bridgehead atoms. The van der Waals surface area contributed by atoms with Gasteiger partial charge in [0.2, 0.25) is 0 Å². The summed E-state index contributed by atoms with van der Waals surface area (Å²) in [6, 6.07) is 9.15. The summed E-state index contributed by atoms with van der Waals surface area (Å²) in [7, 11) is 0. The van der Waals surface area contributed by atoms with Crippen LogP contribution >= 0.6 is 43.2 Å². The van der Waals surface area contributed by atoms with E-state index < -0.39 is 0 Å². The third kappa shape index (κ3) is 2.22. The molecule has 1 aromatic carbocycles. The molecule has 0 unspecified atom stereocenters. The van der Waals surface area contributed by atoms with Gasteiger partial charge in [-0.2, -0.15) is 5.26 Å². The molecule has 0 radical (unpaired) electrons. The van der Waals surface area contributed by atoms with Gasteiger partial charge in [-0.3, -0.25) is 4.79 Å². The molecule has 0 aliphatic heterocycles. The zero-order valence-corrected chi connectivity index (χ0v) is 13.9. The van der Waals surface area contributed by atoms with Gasteiger partial charge in [0.15, 0.2) is 5.78 Å². The van der Waals surface area contributed by atoms with Crippen LogP contribution in [0.25, 0.3) is 10.9 Å². The van der Waals surface area contributed by atoms with Gasteiger partial charge in [-0.05, 0) is 56.1 Å². The van der Waals surface area contributed by atoms with Gasteiger partial charge in [-0.15, -0.1) is 11.3 Å². The Morgan fingerprint density at radius 1 is 1.25 bits per heavy atom. The van der Waals surface area contributed by atoms with E-state index in [0.29, 0.717) is 16.7 Å². The summed E-state index contributed by atoms with van der Waals surface area (Å²) in [5.74, 6) is -0.0693. The number of carbonyl (C=O) groups is 1. The lowest BCUT2D eigenvalue weighted by Gasteiger charge is -1.98. The fourth-order valence-electron chi connectivity index (χ4n) is 2.02. The molecule has 0 aliphatic carbocycles. The van der Waals surface area contributed by atoms with Gasteiger partial charge in [-0.25, -0.2) is 0 Å². The Labute approximate surface area is 135 Å². The van der Waals surface area contributed by atoms with Crippen LogP contribution in [-0.2, 0) is 0 Å². The summed E-state index contributed by atoms with van der Waals surface area (Å²) in [6.07, 6.45) is 1.69. The first-order valence-electron chi connectivity index (χ1n) is 5.61. The maximum absolute atomic E-state index is 12.6. The molecule has 0 saturated carbocycles. The summed E-state index contributed by atoms with van der Waals surface area (Å²) in [5.41, 5.74) is 2.57. The topological polar surface area (TPSA) is 56.6 Å². The average molecular weight is 410 g/mol. The number of hydrogen-bond donors (Lipinski definition) is 1. The van der Waals surface area contributed by atoms with E-state index in [4.69, 9.17) is 5.26 Å². The van der Waals surface area contributed by atoms with Gasteiger partial charge < -0.3 is 4.98 Å². The number of halogens is 2. The fraction of sp³-hybridized carbons (Fsp3) is 0. The van der Waals surface area contributed by atoms with Crippen LogP contribution in [0.1, 0.15) is 21.5 Å². The molecular weight excluding hydrogens is 404 g/mol. The van der Waals surface area contributed by atoms with Crippen LogP contribution in [0, 0.1) is 11.3 Å². The molecular formula is C14H6Br2N2OS. The lowest BCUT2D eigenvalue weighted by Crippen LogP contribution is -1.99. The molecule has 98 valence electrons. The number of nitrogens with one attached hydrogen (secondary N) is 1. The molecule has 0 saturated heterocycles. The second-order valence-corrected chi connectivity index (χ2v) is 7.89. The van der Waals surface area contributed by atoms with Crippen molar-refractivity contribution in [1.82, 2.24) is 4.98 Å². The number of fused-ring (bicyclic) bond motifs is 1. The van der Waals surface area contributed by atoms with Crippen molar-refractivity contribution in [1.29, 1.82) is 5.26 Å². The predicted molar refractivity (Wildman–Crippen MR) is 86.2 cm³/mol. The maximum Gasteiger partial charge on any atom is 0.197 e. The Bertz CT molecular complexity index is 873. The molecule has 0 atom stereocenters. The number of hydrogen-bond acceptors (Lipinski definition) is 3. The number of nitrogens with zero attached hydrogens (tertiary/aromatic N) is 1. The number of ketones is 1. The normalized spacial score (nSPS) is 10.7. The van der Waals surface area contributed by atoms with E-state index in [9.17, 15) is 4.79 Å². The van der Waals surface area contributed by atoms with Crippen molar-refractivity contribution < 1.29 is 4.79 Å². The first-order chi connectivity index (χ1) is 9.60. The zero-order valence-electron chi connectivity index (χ0n) is 9.91. The van der Waals surface area contributed by atoms with Gasteiger partial charge in [0.05, 0.1) is 19.2 Å². The van der Waals surface area contributed by atoms with Crippen LogP contribution in [0.3, 0.4) is 0 Å². The van der Waals surface area contributed by atoms with Crippen molar-refractivity contribution in [3.8, 4) is 6.07 Å².